The number of hydrogen-bond acceptors (Lipinski definition) is 3. The summed E-state index contributed by atoms with van der Waals surface area (Å²) in [4.78, 5) is 28.7. The van der Waals surface area contributed by atoms with E-state index in [0.29, 0.717) is 24.2 Å². The Labute approximate surface area is 169 Å². The molecule has 1 aromatic rings. The van der Waals surface area contributed by atoms with E-state index in [2.05, 4.69) is 36.6 Å². The van der Waals surface area contributed by atoms with Gasteiger partial charge in [-0.25, -0.2) is 0 Å². The van der Waals surface area contributed by atoms with Crippen molar-refractivity contribution in [1.82, 2.24) is 5.32 Å². The van der Waals surface area contributed by atoms with Gasteiger partial charge in [-0.05, 0) is 43.9 Å². The van der Waals surface area contributed by atoms with Gasteiger partial charge in [0.15, 0.2) is 0 Å². The number of unbranched alkanes of at least 4 members (excludes halogenated alkanes) is 1. The summed E-state index contributed by atoms with van der Waals surface area (Å²) in [5.74, 6) is -0.0492. The Kier molecular flexibility index (Phi) is 9.28. The van der Waals surface area contributed by atoms with Gasteiger partial charge in [0.2, 0.25) is 5.91 Å². The molecule has 0 atom stereocenters. The smallest absolute Gasteiger partial charge is 0.253 e. The average molecular weight is 390 g/mol. The average Bonchev–Trinajstić information content (AvgIpc) is 2.70. The molecule has 0 radical (unpaired) electrons. The van der Waals surface area contributed by atoms with Crippen LogP contribution in [0.3, 0.4) is 0 Å². The molecule has 2 rings (SSSR count). The molecule has 6 heteroatoms. The standard InChI is InChI=1S/C22H36N4O2/c1-4-5-10-21(27)24-18-11-12-20(26-15-7-6-8-16-26)19(17-18)22(28)23-13-9-14-25(2)3/h11-12,17H,4-10,13-16H2,1-3H3,(H,23,28)(H,24,27)/p+1. The van der Waals surface area contributed by atoms with Crippen molar-refractivity contribution < 1.29 is 14.5 Å². The first-order valence-electron chi connectivity index (χ1n) is 10.8. The minimum Gasteiger partial charge on any atom is -0.371 e. The summed E-state index contributed by atoms with van der Waals surface area (Å²) in [5.41, 5.74) is 2.33. The fourth-order valence-electron chi connectivity index (χ4n) is 3.51. The topological polar surface area (TPSA) is 65.9 Å². The number of piperidine rings is 1. The Hall–Kier alpha value is -2.08. The normalized spacial score (nSPS) is 14.2. The monoisotopic (exact) mass is 389 g/mol. The highest BCUT2D eigenvalue weighted by molar-refractivity contribution is 6.02. The molecule has 0 unspecified atom stereocenters. The van der Waals surface area contributed by atoms with Gasteiger partial charge in [-0.2, -0.15) is 0 Å². The third kappa shape index (κ3) is 7.15. The molecule has 1 fully saturated rings. The van der Waals surface area contributed by atoms with Crippen LogP contribution in [0.1, 0.15) is 62.2 Å². The first kappa shape index (κ1) is 22.2. The fourth-order valence-corrected chi connectivity index (χ4v) is 3.51. The Morgan fingerprint density at radius 1 is 1.11 bits per heavy atom. The van der Waals surface area contributed by atoms with E-state index in [1.165, 1.54) is 11.3 Å². The highest BCUT2D eigenvalue weighted by Gasteiger charge is 2.19. The van der Waals surface area contributed by atoms with E-state index in [9.17, 15) is 9.59 Å². The number of rotatable bonds is 10. The van der Waals surface area contributed by atoms with Crippen molar-refractivity contribution in [2.24, 2.45) is 0 Å². The van der Waals surface area contributed by atoms with Crippen LogP contribution in [0.2, 0.25) is 0 Å². The Morgan fingerprint density at radius 3 is 2.54 bits per heavy atom. The van der Waals surface area contributed by atoms with E-state index in [-0.39, 0.29) is 11.8 Å². The van der Waals surface area contributed by atoms with E-state index in [1.807, 2.05) is 18.2 Å². The summed E-state index contributed by atoms with van der Waals surface area (Å²) < 4.78 is 0. The van der Waals surface area contributed by atoms with Gasteiger partial charge in [0.05, 0.1) is 26.2 Å². The van der Waals surface area contributed by atoms with Gasteiger partial charge in [-0.1, -0.05) is 13.3 Å². The zero-order valence-corrected chi connectivity index (χ0v) is 17.8. The molecule has 1 aromatic carbocycles. The van der Waals surface area contributed by atoms with Crippen LogP contribution in [0.5, 0.6) is 0 Å². The van der Waals surface area contributed by atoms with Crippen LogP contribution in [-0.4, -0.2) is 52.1 Å². The zero-order valence-electron chi connectivity index (χ0n) is 17.8. The number of carbonyl (C=O) groups excluding carboxylic acids is 2. The second-order valence-corrected chi connectivity index (χ2v) is 8.00. The maximum absolute atomic E-state index is 12.9. The maximum atomic E-state index is 12.9. The van der Waals surface area contributed by atoms with E-state index in [0.717, 1.165) is 57.4 Å². The van der Waals surface area contributed by atoms with Crippen LogP contribution in [0.15, 0.2) is 18.2 Å². The highest BCUT2D eigenvalue weighted by Crippen LogP contribution is 2.27. The summed E-state index contributed by atoms with van der Waals surface area (Å²) in [6.07, 6.45) is 6.88. The first-order valence-corrected chi connectivity index (χ1v) is 10.8. The van der Waals surface area contributed by atoms with Crippen molar-refractivity contribution >= 4 is 23.2 Å². The van der Waals surface area contributed by atoms with Crippen LogP contribution >= 0.6 is 0 Å². The van der Waals surface area contributed by atoms with E-state index >= 15 is 0 Å². The minimum atomic E-state index is -0.0565. The van der Waals surface area contributed by atoms with Gasteiger partial charge in [-0.3, -0.25) is 9.59 Å². The van der Waals surface area contributed by atoms with Crippen LogP contribution in [0.25, 0.3) is 0 Å². The lowest BCUT2D eigenvalue weighted by molar-refractivity contribution is -0.858. The summed E-state index contributed by atoms with van der Waals surface area (Å²) >= 11 is 0. The molecule has 6 nitrogen and oxygen atoms in total. The first-order chi connectivity index (χ1) is 13.5. The number of nitrogens with one attached hydrogen (secondary N) is 3. The van der Waals surface area contributed by atoms with Crippen molar-refractivity contribution in [2.45, 2.75) is 51.9 Å². The van der Waals surface area contributed by atoms with E-state index < -0.39 is 0 Å². The lowest BCUT2D eigenvalue weighted by Crippen LogP contribution is -3.05. The Bertz CT molecular complexity index is 639. The molecule has 1 aliphatic heterocycles. The van der Waals surface area contributed by atoms with Gasteiger partial charge < -0.3 is 20.4 Å². The van der Waals surface area contributed by atoms with Crippen LogP contribution < -0.4 is 20.4 Å². The number of carbonyl (C=O) groups is 2. The minimum absolute atomic E-state index is 0.00730. The molecule has 1 aliphatic rings. The lowest BCUT2D eigenvalue weighted by Gasteiger charge is -2.30. The molecule has 0 aromatic heterocycles. The molecule has 2 amide bonds. The molecule has 3 N–H and O–H groups in total. The summed E-state index contributed by atoms with van der Waals surface area (Å²) in [6.45, 7) is 5.71. The number of hydrogen-bond donors (Lipinski definition) is 3. The SMILES string of the molecule is CCCCC(=O)Nc1ccc(N2CCCCC2)c(C(=O)NCCC[NH+](C)C)c1. The van der Waals surface area contributed by atoms with Crippen molar-refractivity contribution in [3.05, 3.63) is 23.8 Å². The van der Waals surface area contributed by atoms with Crippen LogP contribution in [-0.2, 0) is 4.79 Å². The lowest BCUT2D eigenvalue weighted by atomic mass is 10.1. The third-order valence-electron chi connectivity index (χ3n) is 5.12. The molecule has 28 heavy (non-hydrogen) atoms. The summed E-state index contributed by atoms with van der Waals surface area (Å²) in [6, 6.07) is 5.74. The number of nitrogens with zero attached hydrogens (tertiary/aromatic N) is 1. The Morgan fingerprint density at radius 2 is 1.86 bits per heavy atom. The number of amides is 2. The molecule has 156 valence electrons. The fraction of sp³-hybridized carbons (Fsp3) is 0.636. The summed E-state index contributed by atoms with van der Waals surface area (Å²) in [5, 5.41) is 6.00. The number of quaternary nitrogens is 1. The van der Waals surface area contributed by atoms with Gasteiger partial charge >= 0.3 is 0 Å². The molecule has 1 saturated heterocycles. The van der Waals surface area contributed by atoms with Gasteiger partial charge in [0, 0.05) is 43.9 Å². The number of benzene rings is 1. The van der Waals surface area contributed by atoms with Crippen LogP contribution in [0.4, 0.5) is 11.4 Å². The molecule has 0 saturated carbocycles. The second kappa shape index (κ2) is 11.7. The quantitative estimate of drug-likeness (QED) is 0.537. The second-order valence-electron chi connectivity index (χ2n) is 8.00. The zero-order chi connectivity index (χ0) is 20.4. The Balaban J connectivity index is 2.12. The highest BCUT2D eigenvalue weighted by atomic mass is 16.2. The van der Waals surface area contributed by atoms with Crippen molar-refractivity contribution in [2.75, 3.05) is 50.5 Å². The van der Waals surface area contributed by atoms with Gasteiger partial charge in [-0.15, -0.1) is 0 Å². The molecule has 0 spiro atoms. The van der Waals surface area contributed by atoms with Crippen molar-refractivity contribution in [3.8, 4) is 0 Å². The predicted octanol–water partition coefficient (Wildman–Crippen LogP) is 2.07. The molecular weight excluding hydrogens is 352 g/mol. The van der Waals surface area contributed by atoms with Gasteiger partial charge in [0.1, 0.15) is 0 Å². The molecule has 1 heterocycles. The molecule has 0 aliphatic carbocycles. The predicted molar refractivity (Wildman–Crippen MR) is 115 cm³/mol. The van der Waals surface area contributed by atoms with Crippen LogP contribution in [0, 0.1) is 0 Å². The number of anilines is 2. The third-order valence-corrected chi connectivity index (χ3v) is 5.12. The van der Waals surface area contributed by atoms with Crippen molar-refractivity contribution in [1.29, 1.82) is 0 Å². The molecular formula is C22H37N4O2+. The van der Waals surface area contributed by atoms with E-state index in [1.54, 1.807) is 0 Å². The molecule has 0 bridgehead atoms. The van der Waals surface area contributed by atoms with E-state index in [4.69, 9.17) is 0 Å². The van der Waals surface area contributed by atoms with Crippen molar-refractivity contribution in [3.63, 3.8) is 0 Å². The summed E-state index contributed by atoms with van der Waals surface area (Å²) in [7, 11) is 4.22. The van der Waals surface area contributed by atoms with Gasteiger partial charge in [0.25, 0.3) is 5.91 Å². The largest absolute Gasteiger partial charge is 0.371 e. The maximum Gasteiger partial charge on any atom is 0.253 e.